The number of hydrogen-bond acceptors (Lipinski definition) is 6. The van der Waals surface area contributed by atoms with Crippen LogP contribution in [-0.2, 0) is 4.79 Å². The summed E-state index contributed by atoms with van der Waals surface area (Å²) in [6, 6.07) is 0. The van der Waals surface area contributed by atoms with Crippen LogP contribution in [0.15, 0.2) is 10.5 Å². The Morgan fingerprint density at radius 3 is 2.83 bits per heavy atom. The molecular formula is C5H4N3O3S-. The number of anilines is 1. The predicted molar refractivity (Wildman–Crippen MR) is 44.1 cm³/mol. The summed E-state index contributed by atoms with van der Waals surface area (Å²) < 4.78 is 0. The molecule has 1 heterocycles. The summed E-state index contributed by atoms with van der Waals surface area (Å²) in [5.74, 6) is -1.41. The van der Waals surface area contributed by atoms with Crippen molar-refractivity contribution in [2.45, 2.75) is 0 Å². The maximum Gasteiger partial charge on any atom is 0.355 e. The summed E-state index contributed by atoms with van der Waals surface area (Å²) in [5.41, 5.74) is 4.61. The third kappa shape index (κ3) is 1.51. The van der Waals surface area contributed by atoms with Gasteiger partial charge in [0.2, 0.25) is 0 Å². The van der Waals surface area contributed by atoms with Gasteiger partial charge >= 0.3 is 5.97 Å². The maximum atomic E-state index is 10.3. The lowest BCUT2D eigenvalue weighted by molar-refractivity contribution is -0.129. The summed E-state index contributed by atoms with van der Waals surface area (Å²) in [4.78, 5) is 13.9. The number of carboxylic acid groups (broad SMARTS) is 1. The Balaban J connectivity index is 3.04. The van der Waals surface area contributed by atoms with Crippen molar-refractivity contribution < 1.29 is 9.90 Å². The van der Waals surface area contributed by atoms with E-state index >= 15 is 0 Å². The third-order valence-electron chi connectivity index (χ3n) is 1.06. The number of aromatic nitrogens is 1. The third-order valence-corrected chi connectivity index (χ3v) is 1.73. The zero-order chi connectivity index (χ0) is 9.14. The highest BCUT2D eigenvalue weighted by Crippen LogP contribution is 2.11. The second-order valence-electron chi connectivity index (χ2n) is 1.82. The number of aliphatic carboxylic acids is 1. The molecule has 0 amide bonds. The average molecular weight is 186 g/mol. The Morgan fingerprint density at radius 1 is 1.83 bits per heavy atom. The molecule has 64 valence electrons. The van der Waals surface area contributed by atoms with Crippen molar-refractivity contribution in [1.29, 1.82) is 0 Å². The molecule has 7 heteroatoms. The van der Waals surface area contributed by atoms with Gasteiger partial charge < -0.3 is 21.2 Å². The Labute approximate surface area is 71.0 Å². The van der Waals surface area contributed by atoms with Gasteiger partial charge in [-0.05, 0) is 0 Å². The van der Waals surface area contributed by atoms with Crippen molar-refractivity contribution in [3.63, 3.8) is 0 Å². The number of carboxylic acids is 1. The number of nitrogens with zero attached hydrogens (tertiary/aromatic N) is 2. The normalized spacial score (nSPS) is 11.5. The zero-order valence-corrected chi connectivity index (χ0v) is 6.54. The molecule has 1 aromatic rings. The topological polar surface area (TPSA) is 112 Å². The maximum absolute atomic E-state index is 10.3. The summed E-state index contributed by atoms with van der Waals surface area (Å²) in [5, 5.41) is 22.3. The standard InChI is InChI=1S/C5H5N3O3S/c6-5-7-2(1-12-5)3(8-11)4(9)10/h1,11H,(H2,6,7)(H,9,10)/p-1/b8-3+. The van der Waals surface area contributed by atoms with Crippen molar-refractivity contribution in [3.8, 4) is 0 Å². The lowest BCUT2D eigenvalue weighted by atomic mass is 10.3. The first-order valence-electron chi connectivity index (χ1n) is 2.80. The van der Waals surface area contributed by atoms with Gasteiger partial charge in [-0.2, -0.15) is 0 Å². The van der Waals surface area contributed by atoms with E-state index < -0.39 is 11.7 Å². The Hall–Kier alpha value is -1.63. The lowest BCUT2D eigenvalue weighted by Gasteiger charge is -1.97. The SMILES string of the molecule is Nc1nc(/C(=N\[O-])C(=O)O)cs1. The second kappa shape index (κ2) is 3.18. The van der Waals surface area contributed by atoms with Gasteiger partial charge in [0.05, 0.1) is 0 Å². The molecule has 0 bridgehead atoms. The summed E-state index contributed by atoms with van der Waals surface area (Å²) in [6.07, 6.45) is 0. The van der Waals surface area contributed by atoms with E-state index in [1.54, 1.807) is 0 Å². The quantitative estimate of drug-likeness (QED) is 0.502. The van der Waals surface area contributed by atoms with Crippen LogP contribution in [0.4, 0.5) is 5.13 Å². The number of rotatable bonds is 2. The molecule has 0 aliphatic heterocycles. The van der Waals surface area contributed by atoms with Crippen LogP contribution in [0.25, 0.3) is 0 Å². The van der Waals surface area contributed by atoms with Crippen molar-refractivity contribution in [2.24, 2.45) is 5.16 Å². The van der Waals surface area contributed by atoms with Gasteiger partial charge in [-0.3, -0.25) is 0 Å². The lowest BCUT2D eigenvalue weighted by Crippen LogP contribution is -2.14. The molecule has 0 aromatic carbocycles. The van der Waals surface area contributed by atoms with E-state index in [0.717, 1.165) is 11.3 Å². The molecule has 1 aromatic heterocycles. The fourth-order valence-corrected chi connectivity index (χ4v) is 1.14. The predicted octanol–water partition coefficient (Wildman–Crippen LogP) is 0.0968. The zero-order valence-electron chi connectivity index (χ0n) is 5.72. The summed E-state index contributed by atoms with van der Waals surface area (Å²) >= 11 is 1.05. The smallest absolute Gasteiger partial charge is 0.355 e. The molecule has 3 N–H and O–H groups in total. The van der Waals surface area contributed by atoms with E-state index in [9.17, 15) is 10.0 Å². The Bertz CT molecular complexity index is 332. The van der Waals surface area contributed by atoms with E-state index in [-0.39, 0.29) is 10.8 Å². The molecule has 6 nitrogen and oxygen atoms in total. The van der Waals surface area contributed by atoms with E-state index in [2.05, 4.69) is 10.1 Å². The Morgan fingerprint density at radius 2 is 2.50 bits per heavy atom. The Kier molecular flexibility index (Phi) is 2.24. The minimum absolute atomic E-state index is 0.000000000000000222. The van der Waals surface area contributed by atoms with Crippen molar-refractivity contribution in [2.75, 3.05) is 5.73 Å². The molecule has 0 spiro atoms. The minimum Gasteiger partial charge on any atom is -0.791 e. The van der Waals surface area contributed by atoms with Crippen molar-refractivity contribution in [3.05, 3.63) is 16.3 Å². The monoisotopic (exact) mass is 186 g/mol. The van der Waals surface area contributed by atoms with Crippen molar-refractivity contribution >= 4 is 28.1 Å². The van der Waals surface area contributed by atoms with Crippen molar-refractivity contribution in [1.82, 2.24) is 4.98 Å². The molecule has 0 fully saturated rings. The number of thiazole rings is 1. The van der Waals surface area contributed by atoms with Gasteiger partial charge in [0.1, 0.15) is 5.69 Å². The highest BCUT2D eigenvalue weighted by molar-refractivity contribution is 7.13. The molecule has 1 rings (SSSR count). The van der Waals surface area contributed by atoms with Gasteiger partial charge in [-0.15, -0.1) is 11.3 Å². The number of hydrogen-bond donors (Lipinski definition) is 2. The van der Waals surface area contributed by atoms with E-state index in [0.29, 0.717) is 0 Å². The highest BCUT2D eigenvalue weighted by Gasteiger charge is 2.13. The molecule has 0 unspecified atom stereocenters. The van der Waals surface area contributed by atoms with Gasteiger partial charge in [0.25, 0.3) is 0 Å². The van der Waals surface area contributed by atoms with Gasteiger partial charge in [0.15, 0.2) is 10.8 Å². The first kappa shape index (κ1) is 8.47. The fourth-order valence-electron chi connectivity index (χ4n) is 0.592. The van der Waals surface area contributed by atoms with Crippen LogP contribution in [0.3, 0.4) is 0 Å². The van der Waals surface area contributed by atoms with Crippen LogP contribution in [0.1, 0.15) is 5.69 Å². The molecule has 0 aliphatic carbocycles. The molecule has 0 aliphatic rings. The molecule has 0 saturated heterocycles. The van der Waals surface area contributed by atoms with Crippen LogP contribution >= 0.6 is 11.3 Å². The number of carbonyl (C=O) groups is 1. The molecule has 0 atom stereocenters. The highest BCUT2D eigenvalue weighted by atomic mass is 32.1. The number of nitrogens with two attached hydrogens (primary N) is 1. The van der Waals surface area contributed by atoms with E-state index in [4.69, 9.17) is 10.8 Å². The second-order valence-corrected chi connectivity index (χ2v) is 2.71. The van der Waals surface area contributed by atoms with Crippen LogP contribution in [0, 0.1) is 5.21 Å². The van der Waals surface area contributed by atoms with Crippen LogP contribution in [-0.4, -0.2) is 21.8 Å². The van der Waals surface area contributed by atoms with Crippen LogP contribution in [0.2, 0.25) is 0 Å². The van der Waals surface area contributed by atoms with Crippen LogP contribution < -0.4 is 5.73 Å². The largest absolute Gasteiger partial charge is 0.791 e. The number of nitrogen functional groups attached to an aromatic ring is 1. The summed E-state index contributed by atoms with van der Waals surface area (Å²) in [7, 11) is 0. The molecule has 0 saturated carbocycles. The summed E-state index contributed by atoms with van der Waals surface area (Å²) in [6.45, 7) is 0. The van der Waals surface area contributed by atoms with Crippen LogP contribution in [0.5, 0.6) is 0 Å². The first-order valence-corrected chi connectivity index (χ1v) is 3.68. The van der Waals surface area contributed by atoms with Gasteiger partial charge in [0, 0.05) is 5.38 Å². The molecular weight excluding hydrogens is 182 g/mol. The first-order chi connectivity index (χ1) is 5.65. The van der Waals surface area contributed by atoms with E-state index in [1.807, 2.05) is 0 Å². The van der Waals surface area contributed by atoms with E-state index in [1.165, 1.54) is 5.38 Å². The van der Waals surface area contributed by atoms with Gasteiger partial charge in [-0.1, -0.05) is 0 Å². The minimum atomic E-state index is -1.41. The average Bonchev–Trinajstić information content (AvgIpc) is 2.37. The van der Waals surface area contributed by atoms with Gasteiger partial charge in [-0.25, -0.2) is 9.78 Å². The molecule has 0 radical (unpaired) electrons. The molecule has 12 heavy (non-hydrogen) atoms. The fraction of sp³-hybridized carbons (Fsp3) is 0.